The van der Waals surface area contributed by atoms with E-state index in [0.717, 1.165) is 27.4 Å². The molecule has 5 rings (SSSR count). The van der Waals surface area contributed by atoms with E-state index in [1.54, 1.807) is 6.20 Å². The van der Waals surface area contributed by atoms with Crippen molar-refractivity contribution >= 4 is 50.4 Å². The molecule has 1 aromatic heterocycles. The lowest BCUT2D eigenvalue weighted by Gasteiger charge is -2.23. The van der Waals surface area contributed by atoms with Crippen LogP contribution in [0.15, 0.2) is 65.7 Å². The molecule has 1 aliphatic heterocycles. The molecular weight excluding hydrogens is 670 g/mol. The van der Waals surface area contributed by atoms with Crippen LogP contribution in [0.4, 0.5) is 4.79 Å². The second-order valence-corrected chi connectivity index (χ2v) is 15.3. The van der Waals surface area contributed by atoms with E-state index in [-0.39, 0.29) is 45.7 Å². The van der Waals surface area contributed by atoms with Crippen LogP contribution in [0.1, 0.15) is 54.6 Å². The average Bonchev–Trinajstić information content (AvgIpc) is 3.55. The number of nitrogens with zero attached hydrogens (tertiary/aromatic N) is 3. The Morgan fingerprint density at radius 1 is 1.10 bits per heavy atom. The number of hydrogen-bond acceptors (Lipinski definition) is 8. The third kappa shape index (κ3) is 7.38. The number of phenolic OH excluding ortho intramolecular Hbond substituents is 1. The van der Waals surface area contributed by atoms with Gasteiger partial charge in [0.05, 0.1) is 15.5 Å². The second kappa shape index (κ2) is 13.7. The first-order chi connectivity index (χ1) is 23.0. The number of hydrogen-bond donors (Lipinski definition) is 3. The van der Waals surface area contributed by atoms with E-state index in [9.17, 15) is 27.9 Å². The van der Waals surface area contributed by atoms with E-state index < -0.39 is 39.4 Å². The number of rotatable bonds is 12. The van der Waals surface area contributed by atoms with Gasteiger partial charge in [0, 0.05) is 55.8 Å². The van der Waals surface area contributed by atoms with E-state index in [2.05, 4.69) is 4.98 Å². The number of nitrogens with two attached hydrogens (primary N) is 1. The van der Waals surface area contributed by atoms with Gasteiger partial charge in [-0.3, -0.25) is 14.5 Å². The van der Waals surface area contributed by atoms with Crippen molar-refractivity contribution in [1.29, 1.82) is 0 Å². The first-order valence-electron chi connectivity index (χ1n) is 15.8. The molecule has 0 aliphatic carbocycles. The summed E-state index contributed by atoms with van der Waals surface area (Å²) in [6.45, 7) is 5.73. The van der Waals surface area contributed by atoms with Crippen LogP contribution in [0.5, 0.6) is 17.2 Å². The molecule has 3 aromatic carbocycles. The largest absolute Gasteiger partial charge is 0.506 e. The lowest BCUT2D eigenvalue weighted by molar-refractivity contribution is -0.128. The number of benzene rings is 3. The highest BCUT2D eigenvalue weighted by molar-refractivity contribution is 7.89. The third-order valence-electron chi connectivity index (χ3n) is 8.42. The summed E-state index contributed by atoms with van der Waals surface area (Å²) in [5.74, 6) is -1.17. The van der Waals surface area contributed by atoms with Gasteiger partial charge in [-0.1, -0.05) is 29.8 Å². The maximum atomic E-state index is 14.4. The van der Waals surface area contributed by atoms with Crippen molar-refractivity contribution < 1.29 is 32.6 Å². The minimum absolute atomic E-state index is 0.0124. The van der Waals surface area contributed by atoms with Crippen LogP contribution in [0, 0.1) is 6.92 Å². The maximum Gasteiger partial charge on any atom is 0.341 e. The Bertz CT molecular complexity index is 2040. The Balaban J connectivity index is 1.54. The van der Waals surface area contributed by atoms with Gasteiger partial charge >= 0.3 is 6.03 Å². The number of halogens is 1. The van der Waals surface area contributed by atoms with Gasteiger partial charge in [0.15, 0.2) is 0 Å². The number of unbranched alkanes of at least 4 members (excludes halogenated alkanes) is 1. The highest BCUT2D eigenvalue weighted by Crippen LogP contribution is 2.36. The second-order valence-electron chi connectivity index (χ2n) is 13.1. The average molecular weight is 710 g/mol. The van der Waals surface area contributed by atoms with E-state index in [4.69, 9.17) is 22.1 Å². The van der Waals surface area contributed by atoms with Crippen LogP contribution in [0.3, 0.4) is 0 Å². The minimum atomic E-state index is -4.69. The highest BCUT2D eigenvalue weighted by atomic mass is 35.5. The number of phenols is 1. The summed E-state index contributed by atoms with van der Waals surface area (Å²) in [5.41, 5.74) is 8.06. The van der Waals surface area contributed by atoms with Gasteiger partial charge in [0.1, 0.15) is 23.3 Å². The Hall–Kier alpha value is -4.59. The SMILES string of the molecule is Cc1cccc2c(CC3C(=O)N(CCCCC(C)(C)N)C(=O)N3S(=O)(=O)c3ccc(Oc4ccc(O)c(Cl)c4)c(C(=O)N(C)C)c3)c[nH]c12. The summed E-state index contributed by atoms with van der Waals surface area (Å²) < 4.78 is 35.4. The lowest BCUT2D eigenvalue weighted by atomic mass is 9.99. The molecule has 0 saturated carbocycles. The van der Waals surface area contributed by atoms with Gasteiger partial charge in [-0.2, -0.15) is 0 Å². The maximum absolute atomic E-state index is 14.4. The molecule has 0 radical (unpaired) electrons. The van der Waals surface area contributed by atoms with Crippen molar-refractivity contribution in [3.05, 3.63) is 82.5 Å². The van der Waals surface area contributed by atoms with E-state index >= 15 is 0 Å². The number of carbonyl (C=O) groups is 3. The Kier molecular flexibility index (Phi) is 10.0. The fourth-order valence-corrected chi connectivity index (χ4v) is 7.53. The number of fused-ring (bicyclic) bond motifs is 1. The number of aryl methyl sites for hydroxylation is 1. The Labute approximate surface area is 290 Å². The van der Waals surface area contributed by atoms with Crippen LogP contribution in [0.25, 0.3) is 10.9 Å². The quantitative estimate of drug-likeness (QED) is 0.123. The molecule has 1 aliphatic rings. The molecule has 4 aromatic rings. The zero-order chi connectivity index (χ0) is 35.8. The van der Waals surface area contributed by atoms with Crippen LogP contribution in [-0.2, 0) is 21.2 Å². The Morgan fingerprint density at radius 3 is 2.51 bits per heavy atom. The summed E-state index contributed by atoms with van der Waals surface area (Å²) >= 11 is 6.03. The zero-order valence-electron chi connectivity index (χ0n) is 28.0. The van der Waals surface area contributed by atoms with Gasteiger partial charge in [-0.15, -0.1) is 0 Å². The lowest BCUT2D eigenvalue weighted by Crippen LogP contribution is -2.41. The molecule has 1 unspecified atom stereocenters. The molecule has 0 bridgehead atoms. The highest BCUT2D eigenvalue weighted by Gasteiger charge is 2.51. The van der Waals surface area contributed by atoms with E-state index in [1.165, 1.54) is 49.3 Å². The first-order valence-corrected chi connectivity index (χ1v) is 17.6. The number of nitrogens with one attached hydrogen (secondary N) is 1. The predicted octanol–water partition coefficient (Wildman–Crippen LogP) is 5.80. The minimum Gasteiger partial charge on any atom is -0.506 e. The summed E-state index contributed by atoms with van der Waals surface area (Å²) in [5, 5.41) is 10.6. The number of aromatic amines is 1. The summed E-state index contributed by atoms with van der Waals surface area (Å²) in [7, 11) is -1.70. The molecule has 14 heteroatoms. The number of sulfonamides is 1. The van der Waals surface area contributed by atoms with Crippen molar-refractivity contribution in [2.45, 2.75) is 62.9 Å². The molecule has 4 amide bonds. The third-order valence-corrected chi connectivity index (χ3v) is 10.5. The topological polar surface area (TPSA) is 166 Å². The number of ether oxygens (including phenoxy) is 1. The number of carbonyl (C=O) groups excluding carboxylic acids is 3. The van der Waals surface area contributed by atoms with Gasteiger partial charge in [0.25, 0.3) is 21.8 Å². The van der Waals surface area contributed by atoms with Gasteiger partial charge in [0.2, 0.25) is 0 Å². The van der Waals surface area contributed by atoms with Crippen LogP contribution < -0.4 is 10.5 Å². The summed E-state index contributed by atoms with van der Waals surface area (Å²) in [6.07, 6.45) is 3.38. The van der Waals surface area contributed by atoms with Crippen LogP contribution in [0.2, 0.25) is 5.02 Å². The number of aromatic nitrogens is 1. The molecular formula is C35H40ClN5O7S. The standard InChI is InChI=1S/C35H40ClN5O7S/c1-21-9-8-10-25-22(20-38-31(21)25)17-28-33(44)40(16-7-6-15-35(2,3)37)34(45)41(28)49(46,47)24-12-14-30(26(19-24)32(43)39(4)5)48-23-11-13-29(42)27(36)18-23/h8-14,18-20,28,38,42H,6-7,15-17,37H2,1-5H3. The molecule has 49 heavy (non-hydrogen) atoms. The normalized spacial score (nSPS) is 15.4. The molecule has 4 N–H and O–H groups in total. The molecule has 0 spiro atoms. The smallest absolute Gasteiger partial charge is 0.341 e. The van der Waals surface area contributed by atoms with Crippen LogP contribution in [-0.4, -0.2) is 82.7 Å². The molecule has 1 fully saturated rings. The van der Waals surface area contributed by atoms with E-state index in [0.29, 0.717) is 29.1 Å². The fraction of sp³-hybridized carbons (Fsp3) is 0.343. The Morgan fingerprint density at radius 2 is 1.84 bits per heavy atom. The number of para-hydroxylation sites is 1. The van der Waals surface area contributed by atoms with Crippen molar-refractivity contribution in [2.24, 2.45) is 5.73 Å². The first kappa shape index (κ1) is 35.7. The van der Waals surface area contributed by atoms with Crippen molar-refractivity contribution in [3.8, 4) is 17.2 Å². The molecule has 260 valence electrons. The molecule has 1 atom stereocenters. The van der Waals surface area contributed by atoms with Gasteiger partial charge in [-0.05, 0) is 81.5 Å². The predicted molar refractivity (Wildman–Crippen MR) is 186 cm³/mol. The van der Waals surface area contributed by atoms with Gasteiger partial charge < -0.3 is 25.5 Å². The van der Waals surface area contributed by atoms with Crippen molar-refractivity contribution in [3.63, 3.8) is 0 Å². The van der Waals surface area contributed by atoms with Gasteiger partial charge in [-0.25, -0.2) is 17.5 Å². The number of aromatic hydroxyl groups is 1. The monoisotopic (exact) mass is 709 g/mol. The summed E-state index contributed by atoms with van der Waals surface area (Å²) in [6, 6.07) is 11.1. The van der Waals surface area contributed by atoms with E-state index in [1.807, 2.05) is 39.0 Å². The number of H-pyrrole nitrogens is 1. The zero-order valence-corrected chi connectivity index (χ0v) is 29.6. The molecule has 1 saturated heterocycles. The number of amides is 4. The molecule has 2 heterocycles. The van der Waals surface area contributed by atoms with Crippen molar-refractivity contribution in [2.75, 3.05) is 20.6 Å². The molecule has 12 nitrogen and oxygen atoms in total. The van der Waals surface area contributed by atoms with Crippen LogP contribution >= 0.6 is 11.6 Å². The van der Waals surface area contributed by atoms with Crippen molar-refractivity contribution in [1.82, 2.24) is 19.1 Å². The fourth-order valence-electron chi connectivity index (χ4n) is 5.82. The number of urea groups is 1. The number of imide groups is 1. The summed E-state index contributed by atoms with van der Waals surface area (Å²) in [4.78, 5) is 46.3.